The molecule has 210 valence electrons. The molecule has 0 saturated carbocycles. The average molecular weight is 541 g/mol. The van der Waals surface area contributed by atoms with Crippen molar-refractivity contribution in [2.24, 2.45) is 0 Å². The summed E-state index contributed by atoms with van der Waals surface area (Å²) in [6.45, 7) is 3.93. The van der Waals surface area contributed by atoms with Crippen LogP contribution in [0.15, 0.2) is 54.6 Å². The number of hydrogen-bond donors (Lipinski definition) is 2. The van der Waals surface area contributed by atoms with E-state index in [1.807, 2.05) is 30.3 Å². The molecule has 0 radical (unpaired) electrons. The molecule has 0 aliphatic heterocycles. The van der Waals surface area contributed by atoms with Crippen molar-refractivity contribution < 1.29 is 14.3 Å². The van der Waals surface area contributed by atoms with Gasteiger partial charge in [0, 0.05) is 12.1 Å². The van der Waals surface area contributed by atoms with Gasteiger partial charge in [0.2, 0.25) is 0 Å². The summed E-state index contributed by atoms with van der Waals surface area (Å²) < 4.78 is 11.3. The van der Waals surface area contributed by atoms with Crippen LogP contribution in [-0.2, 0) is 0 Å². The van der Waals surface area contributed by atoms with E-state index in [9.17, 15) is 4.79 Å². The highest BCUT2D eigenvalue weighted by Crippen LogP contribution is 2.14. The third-order valence-electron chi connectivity index (χ3n) is 6.52. The van der Waals surface area contributed by atoms with Gasteiger partial charge >= 0.3 is 0 Å². The molecular weight excluding hydrogens is 492 g/mol. The van der Waals surface area contributed by atoms with Crippen molar-refractivity contribution in [2.75, 3.05) is 19.8 Å². The first-order chi connectivity index (χ1) is 18.7. The highest BCUT2D eigenvalue weighted by atomic mass is 32.1. The Morgan fingerprint density at radius 2 is 1.13 bits per heavy atom. The topological polar surface area (TPSA) is 59.6 Å². The number of para-hydroxylation sites is 1. The first-order valence-electron chi connectivity index (χ1n) is 14.7. The van der Waals surface area contributed by atoms with E-state index in [1.54, 1.807) is 24.3 Å². The van der Waals surface area contributed by atoms with Gasteiger partial charge in [-0.15, -0.1) is 0 Å². The molecule has 0 aliphatic carbocycles. The van der Waals surface area contributed by atoms with Crippen LogP contribution >= 0.6 is 12.2 Å². The molecule has 0 saturated heterocycles. The SMILES string of the molecule is CCCCCCCCCCCCCCCCNC(=S)NC(=O)c1ccc(OCCOc2ccccc2)cc1. The molecule has 0 bridgehead atoms. The molecule has 0 fully saturated rings. The van der Waals surface area contributed by atoms with Crippen molar-refractivity contribution in [3.8, 4) is 11.5 Å². The van der Waals surface area contributed by atoms with E-state index < -0.39 is 0 Å². The van der Waals surface area contributed by atoms with E-state index in [0.29, 0.717) is 29.6 Å². The van der Waals surface area contributed by atoms with E-state index in [0.717, 1.165) is 18.7 Å². The van der Waals surface area contributed by atoms with Crippen LogP contribution in [0.1, 0.15) is 107 Å². The number of nitrogens with one attached hydrogen (secondary N) is 2. The zero-order chi connectivity index (χ0) is 27.1. The number of carbonyl (C=O) groups excluding carboxylic acids is 1. The van der Waals surface area contributed by atoms with Crippen LogP contribution in [0.25, 0.3) is 0 Å². The lowest BCUT2D eigenvalue weighted by molar-refractivity contribution is 0.0976. The Morgan fingerprint density at radius 1 is 0.658 bits per heavy atom. The van der Waals surface area contributed by atoms with Crippen molar-refractivity contribution >= 4 is 23.2 Å². The largest absolute Gasteiger partial charge is 0.490 e. The number of ether oxygens (including phenoxy) is 2. The van der Waals surface area contributed by atoms with Crippen LogP contribution in [0.4, 0.5) is 0 Å². The van der Waals surface area contributed by atoms with Crippen molar-refractivity contribution in [3.05, 3.63) is 60.2 Å². The zero-order valence-electron chi connectivity index (χ0n) is 23.3. The van der Waals surface area contributed by atoms with Gasteiger partial charge in [-0.3, -0.25) is 10.1 Å². The van der Waals surface area contributed by atoms with Crippen LogP contribution in [0, 0.1) is 0 Å². The van der Waals surface area contributed by atoms with Crippen molar-refractivity contribution in [1.29, 1.82) is 0 Å². The molecule has 0 heterocycles. The molecule has 2 aromatic rings. The highest BCUT2D eigenvalue weighted by Gasteiger charge is 2.08. The van der Waals surface area contributed by atoms with Gasteiger partial charge in [0.15, 0.2) is 5.11 Å². The fraction of sp³-hybridized carbons (Fsp3) is 0.562. The van der Waals surface area contributed by atoms with Gasteiger partial charge in [-0.1, -0.05) is 109 Å². The molecule has 2 N–H and O–H groups in total. The maximum atomic E-state index is 12.4. The fourth-order valence-corrected chi connectivity index (χ4v) is 4.47. The Morgan fingerprint density at radius 3 is 1.66 bits per heavy atom. The minimum Gasteiger partial charge on any atom is -0.490 e. The maximum Gasteiger partial charge on any atom is 0.257 e. The second-order valence-electron chi connectivity index (χ2n) is 9.84. The van der Waals surface area contributed by atoms with Gasteiger partial charge in [0.1, 0.15) is 24.7 Å². The van der Waals surface area contributed by atoms with Crippen molar-refractivity contribution in [2.45, 2.75) is 96.8 Å². The highest BCUT2D eigenvalue weighted by molar-refractivity contribution is 7.80. The second kappa shape index (κ2) is 21.3. The number of rotatable bonds is 21. The van der Waals surface area contributed by atoms with Gasteiger partial charge in [0.25, 0.3) is 5.91 Å². The first kappa shape index (κ1) is 31.6. The monoisotopic (exact) mass is 540 g/mol. The quantitative estimate of drug-likeness (QED) is 0.123. The van der Waals surface area contributed by atoms with Crippen LogP contribution in [0.3, 0.4) is 0 Å². The molecule has 0 aromatic heterocycles. The van der Waals surface area contributed by atoms with Gasteiger partial charge in [-0.2, -0.15) is 0 Å². The molecule has 5 nitrogen and oxygen atoms in total. The molecular formula is C32H48N2O3S. The predicted octanol–water partition coefficient (Wildman–Crippen LogP) is 8.23. The molecule has 0 atom stereocenters. The number of carbonyl (C=O) groups is 1. The van der Waals surface area contributed by atoms with Crippen LogP contribution in [-0.4, -0.2) is 30.8 Å². The van der Waals surface area contributed by atoms with Crippen LogP contribution < -0.4 is 20.1 Å². The second-order valence-corrected chi connectivity index (χ2v) is 10.2. The Kier molecular flexibility index (Phi) is 17.8. The number of hydrogen-bond acceptors (Lipinski definition) is 4. The first-order valence-corrected chi connectivity index (χ1v) is 15.1. The van der Waals surface area contributed by atoms with Crippen molar-refractivity contribution in [3.63, 3.8) is 0 Å². The summed E-state index contributed by atoms with van der Waals surface area (Å²) in [6.07, 6.45) is 18.8. The lowest BCUT2D eigenvalue weighted by Gasteiger charge is -2.11. The molecule has 6 heteroatoms. The fourth-order valence-electron chi connectivity index (χ4n) is 4.28. The summed E-state index contributed by atoms with van der Waals surface area (Å²) in [6, 6.07) is 16.7. The summed E-state index contributed by atoms with van der Waals surface area (Å²) in [4.78, 5) is 12.4. The standard InChI is InChI=1S/C32H48N2O3S/c1-2-3-4-5-6-7-8-9-10-11-12-13-14-18-25-33-32(38)34-31(35)28-21-23-30(24-22-28)37-27-26-36-29-19-16-15-17-20-29/h15-17,19-24H,2-14,18,25-27H2,1H3,(H2,33,34,35,38). The summed E-state index contributed by atoms with van der Waals surface area (Å²) in [5.41, 5.74) is 0.540. The Bertz CT molecular complexity index is 874. The van der Waals surface area contributed by atoms with Gasteiger partial charge in [-0.25, -0.2) is 0 Å². The third kappa shape index (κ3) is 15.6. The summed E-state index contributed by atoms with van der Waals surface area (Å²) in [5.74, 6) is 1.29. The molecule has 0 aliphatic rings. The van der Waals surface area contributed by atoms with Gasteiger partial charge in [0.05, 0.1) is 0 Å². The summed E-state index contributed by atoms with van der Waals surface area (Å²) >= 11 is 5.28. The Balaban J connectivity index is 1.43. The number of unbranched alkanes of at least 4 members (excludes halogenated alkanes) is 13. The van der Waals surface area contributed by atoms with E-state index in [-0.39, 0.29) is 5.91 Å². The molecule has 0 spiro atoms. The molecule has 1 amide bonds. The summed E-state index contributed by atoms with van der Waals surface area (Å²) in [5, 5.41) is 6.28. The normalized spacial score (nSPS) is 10.7. The molecule has 0 unspecified atom stereocenters. The molecule has 2 rings (SSSR count). The third-order valence-corrected chi connectivity index (χ3v) is 6.77. The van der Waals surface area contributed by atoms with E-state index in [4.69, 9.17) is 21.7 Å². The minimum atomic E-state index is -0.220. The number of amides is 1. The predicted molar refractivity (Wildman–Crippen MR) is 162 cm³/mol. The average Bonchev–Trinajstić information content (AvgIpc) is 2.94. The van der Waals surface area contributed by atoms with Crippen LogP contribution in [0.2, 0.25) is 0 Å². The Labute approximate surface area is 236 Å². The van der Waals surface area contributed by atoms with Crippen molar-refractivity contribution in [1.82, 2.24) is 10.6 Å². The van der Waals surface area contributed by atoms with Crippen LogP contribution in [0.5, 0.6) is 11.5 Å². The smallest absolute Gasteiger partial charge is 0.257 e. The lowest BCUT2D eigenvalue weighted by Crippen LogP contribution is -2.39. The minimum absolute atomic E-state index is 0.220. The van der Waals surface area contributed by atoms with E-state index >= 15 is 0 Å². The van der Waals surface area contributed by atoms with E-state index in [1.165, 1.54) is 83.5 Å². The van der Waals surface area contributed by atoms with Gasteiger partial charge < -0.3 is 14.8 Å². The lowest BCUT2D eigenvalue weighted by atomic mass is 10.0. The zero-order valence-corrected chi connectivity index (χ0v) is 24.2. The number of benzene rings is 2. The summed E-state index contributed by atoms with van der Waals surface area (Å²) in [7, 11) is 0. The number of thiocarbonyl (C=S) groups is 1. The maximum absolute atomic E-state index is 12.4. The van der Waals surface area contributed by atoms with E-state index in [2.05, 4.69) is 17.6 Å². The van der Waals surface area contributed by atoms with Gasteiger partial charge in [-0.05, 0) is 55.0 Å². The Hall–Kier alpha value is -2.60. The molecule has 38 heavy (non-hydrogen) atoms. The molecule has 2 aromatic carbocycles.